The largest absolute Gasteiger partial charge is 0.493 e. The maximum atomic E-state index is 12.5. The highest BCUT2D eigenvalue weighted by Crippen LogP contribution is 2.31. The zero-order chi connectivity index (χ0) is 17.5. The van der Waals surface area contributed by atoms with Crippen LogP contribution in [0.5, 0.6) is 5.75 Å². The second-order valence-electron chi connectivity index (χ2n) is 6.27. The predicted molar refractivity (Wildman–Crippen MR) is 96.3 cm³/mol. The van der Waals surface area contributed by atoms with Crippen LogP contribution in [0.3, 0.4) is 0 Å². The van der Waals surface area contributed by atoms with Gasteiger partial charge >= 0.3 is 0 Å². The summed E-state index contributed by atoms with van der Waals surface area (Å²) in [6.07, 6.45) is 0.204. The van der Waals surface area contributed by atoms with Crippen molar-refractivity contribution in [2.45, 2.75) is 24.5 Å². The summed E-state index contributed by atoms with van der Waals surface area (Å²) in [5, 5.41) is 16.9. The minimum atomic E-state index is -0.754. The van der Waals surface area contributed by atoms with Crippen LogP contribution in [-0.2, 0) is 10.3 Å². The van der Waals surface area contributed by atoms with E-state index in [0.29, 0.717) is 19.6 Å². The lowest BCUT2D eigenvalue weighted by Crippen LogP contribution is -2.61. The summed E-state index contributed by atoms with van der Waals surface area (Å²) < 4.78 is 5.60. The lowest BCUT2D eigenvalue weighted by atomic mass is 9.79. The first kappa shape index (κ1) is 17.5. The molecule has 0 saturated carbocycles. The van der Waals surface area contributed by atoms with E-state index in [1.165, 1.54) is 0 Å². The van der Waals surface area contributed by atoms with Gasteiger partial charge in [-0.1, -0.05) is 48.5 Å². The number of piperidine rings is 1. The Kier molecular flexibility index (Phi) is 5.68. The minimum absolute atomic E-state index is 0.124. The second kappa shape index (κ2) is 8.14. The van der Waals surface area contributed by atoms with Crippen LogP contribution in [0.15, 0.2) is 60.7 Å². The zero-order valence-electron chi connectivity index (χ0n) is 14.2. The summed E-state index contributed by atoms with van der Waals surface area (Å²) >= 11 is 0. The van der Waals surface area contributed by atoms with E-state index in [2.05, 4.69) is 10.6 Å². The van der Waals surface area contributed by atoms with Crippen molar-refractivity contribution in [2.75, 3.05) is 19.7 Å². The number of aliphatic hydroxyl groups is 1. The Morgan fingerprint density at radius 3 is 2.52 bits per heavy atom. The second-order valence-corrected chi connectivity index (χ2v) is 6.27. The lowest BCUT2D eigenvalue weighted by Gasteiger charge is -2.43. The Morgan fingerprint density at radius 1 is 1.16 bits per heavy atom. The molecule has 1 fully saturated rings. The number of hydrogen-bond donors (Lipinski definition) is 3. The van der Waals surface area contributed by atoms with E-state index in [-0.39, 0.29) is 12.3 Å². The summed E-state index contributed by atoms with van der Waals surface area (Å²) in [5.74, 6) is 0.621. The van der Waals surface area contributed by atoms with Gasteiger partial charge in [0, 0.05) is 6.54 Å². The number of amides is 1. The van der Waals surface area contributed by atoms with Gasteiger partial charge in [-0.15, -0.1) is 0 Å². The first-order valence-electron chi connectivity index (χ1n) is 8.64. The normalized spacial score (nSPS) is 23.0. The van der Waals surface area contributed by atoms with Gasteiger partial charge in [-0.3, -0.25) is 4.79 Å². The van der Waals surface area contributed by atoms with E-state index in [9.17, 15) is 9.90 Å². The number of aliphatic hydroxyl groups excluding tert-OH is 1. The van der Waals surface area contributed by atoms with Crippen molar-refractivity contribution in [2.24, 2.45) is 0 Å². The standard InChI is InChI=1S/C20H24N2O3/c23-18-15-21-13-12-20(18,16-7-3-1-4-8-16)22-19(24)11-14-25-17-9-5-2-6-10-17/h1-10,18,21,23H,11-15H2,(H,22,24)/t18-,20+/m1/s1. The summed E-state index contributed by atoms with van der Waals surface area (Å²) in [6, 6.07) is 19.1. The van der Waals surface area contributed by atoms with Crippen molar-refractivity contribution >= 4 is 5.91 Å². The average Bonchev–Trinajstić information content (AvgIpc) is 2.65. The quantitative estimate of drug-likeness (QED) is 0.750. The monoisotopic (exact) mass is 340 g/mol. The van der Waals surface area contributed by atoms with Crippen molar-refractivity contribution in [3.05, 3.63) is 66.2 Å². The number of hydrogen-bond acceptors (Lipinski definition) is 4. The number of carbonyl (C=O) groups is 1. The molecular formula is C20H24N2O3. The SMILES string of the molecule is O=C(CCOc1ccccc1)N[C@]1(c2ccccc2)CCNC[C@H]1O. The molecule has 0 unspecified atom stereocenters. The molecule has 1 heterocycles. The molecule has 132 valence electrons. The molecule has 3 rings (SSSR count). The highest BCUT2D eigenvalue weighted by molar-refractivity contribution is 5.77. The molecule has 1 aliphatic rings. The summed E-state index contributed by atoms with van der Waals surface area (Å²) in [6.45, 7) is 1.50. The Labute approximate surface area is 148 Å². The average molecular weight is 340 g/mol. The van der Waals surface area contributed by atoms with Crippen molar-refractivity contribution in [3.8, 4) is 5.75 Å². The third kappa shape index (κ3) is 4.18. The fourth-order valence-electron chi connectivity index (χ4n) is 3.25. The molecule has 1 saturated heterocycles. The first-order valence-corrected chi connectivity index (χ1v) is 8.64. The number of rotatable bonds is 6. The molecule has 3 N–H and O–H groups in total. The lowest BCUT2D eigenvalue weighted by molar-refractivity contribution is -0.126. The molecule has 0 bridgehead atoms. The van der Waals surface area contributed by atoms with Gasteiger partial charge in [-0.25, -0.2) is 0 Å². The van der Waals surface area contributed by atoms with Crippen molar-refractivity contribution < 1.29 is 14.6 Å². The number of carbonyl (C=O) groups excluding carboxylic acids is 1. The number of benzene rings is 2. The van der Waals surface area contributed by atoms with Gasteiger partial charge in [-0.05, 0) is 30.7 Å². The molecule has 5 heteroatoms. The van der Waals surface area contributed by atoms with Gasteiger partial charge < -0.3 is 20.5 Å². The van der Waals surface area contributed by atoms with Gasteiger partial charge in [0.15, 0.2) is 0 Å². The van der Waals surface area contributed by atoms with Crippen LogP contribution >= 0.6 is 0 Å². The predicted octanol–water partition coefficient (Wildman–Crippen LogP) is 1.82. The van der Waals surface area contributed by atoms with Gasteiger partial charge in [0.2, 0.25) is 5.91 Å². The molecule has 0 radical (unpaired) electrons. The third-order valence-electron chi connectivity index (χ3n) is 4.60. The fraction of sp³-hybridized carbons (Fsp3) is 0.350. The van der Waals surface area contributed by atoms with E-state index >= 15 is 0 Å². The summed E-state index contributed by atoms with van der Waals surface area (Å²) in [4.78, 5) is 12.5. The number of para-hydroxylation sites is 1. The van der Waals surface area contributed by atoms with Crippen molar-refractivity contribution in [1.29, 1.82) is 0 Å². The maximum absolute atomic E-state index is 12.5. The highest BCUT2D eigenvalue weighted by atomic mass is 16.5. The van der Waals surface area contributed by atoms with E-state index in [0.717, 1.165) is 17.9 Å². The molecule has 1 aliphatic heterocycles. The van der Waals surface area contributed by atoms with Crippen LogP contribution in [0.25, 0.3) is 0 Å². The Hall–Kier alpha value is -2.37. The van der Waals surface area contributed by atoms with Crippen LogP contribution in [-0.4, -0.2) is 36.8 Å². The van der Waals surface area contributed by atoms with E-state index in [1.807, 2.05) is 60.7 Å². The molecule has 0 aliphatic carbocycles. The maximum Gasteiger partial charge on any atom is 0.224 e. The van der Waals surface area contributed by atoms with E-state index in [4.69, 9.17) is 4.74 Å². The summed E-state index contributed by atoms with van der Waals surface area (Å²) in [7, 11) is 0. The molecule has 0 spiro atoms. The van der Waals surface area contributed by atoms with Gasteiger partial charge in [-0.2, -0.15) is 0 Å². The van der Waals surface area contributed by atoms with Crippen LogP contribution in [0, 0.1) is 0 Å². The van der Waals surface area contributed by atoms with Crippen molar-refractivity contribution in [3.63, 3.8) is 0 Å². The molecule has 2 aromatic carbocycles. The highest BCUT2D eigenvalue weighted by Gasteiger charge is 2.42. The van der Waals surface area contributed by atoms with E-state index in [1.54, 1.807) is 0 Å². The first-order chi connectivity index (χ1) is 12.2. The zero-order valence-corrected chi connectivity index (χ0v) is 14.2. The molecule has 1 amide bonds. The Morgan fingerprint density at radius 2 is 1.84 bits per heavy atom. The van der Waals surface area contributed by atoms with Gasteiger partial charge in [0.25, 0.3) is 0 Å². The number of β-amino-alcohol motifs (C(OH)–C–C–N with tert-alkyl or cyclic N) is 1. The molecule has 25 heavy (non-hydrogen) atoms. The summed E-state index contributed by atoms with van der Waals surface area (Å²) in [5.41, 5.74) is 0.178. The smallest absolute Gasteiger partial charge is 0.224 e. The minimum Gasteiger partial charge on any atom is -0.493 e. The van der Waals surface area contributed by atoms with Crippen LogP contribution in [0.4, 0.5) is 0 Å². The van der Waals surface area contributed by atoms with E-state index < -0.39 is 11.6 Å². The molecule has 2 atom stereocenters. The Balaban J connectivity index is 1.65. The number of ether oxygens (including phenoxy) is 1. The van der Waals surface area contributed by atoms with Crippen LogP contribution < -0.4 is 15.4 Å². The van der Waals surface area contributed by atoms with Crippen LogP contribution in [0.2, 0.25) is 0 Å². The third-order valence-corrected chi connectivity index (χ3v) is 4.60. The molecule has 2 aromatic rings. The van der Waals surface area contributed by atoms with Gasteiger partial charge in [0.1, 0.15) is 5.75 Å². The Bertz CT molecular complexity index is 678. The molecular weight excluding hydrogens is 316 g/mol. The number of nitrogens with one attached hydrogen (secondary N) is 2. The van der Waals surface area contributed by atoms with Gasteiger partial charge in [0.05, 0.1) is 24.7 Å². The van der Waals surface area contributed by atoms with Crippen molar-refractivity contribution in [1.82, 2.24) is 10.6 Å². The molecule has 5 nitrogen and oxygen atoms in total. The fourth-order valence-corrected chi connectivity index (χ4v) is 3.25. The topological polar surface area (TPSA) is 70.6 Å². The van der Waals surface area contributed by atoms with Crippen LogP contribution in [0.1, 0.15) is 18.4 Å². The molecule has 0 aromatic heterocycles.